The van der Waals surface area contributed by atoms with Gasteiger partial charge in [0.05, 0.1) is 0 Å². The molecule has 2 amide bonds. The average Bonchev–Trinajstić information content (AvgIpc) is 3.11. The molecule has 0 saturated carbocycles. The highest BCUT2D eigenvalue weighted by molar-refractivity contribution is 7.13. The minimum atomic E-state index is -0.575. The number of rotatable bonds is 4. The Hall–Kier alpha value is -2.13. The molecule has 6 nitrogen and oxygen atoms in total. The number of amides is 2. The third-order valence-electron chi connectivity index (χ3n) is 4.32. The summed E-state index contributed by atoms with van der Waals surface area (Å²) < 4.78 is 27.2. The van der Waals surface area contributed by atoms with Crippen molar-refractivity contribution in [2.24, 2.45) is 0 Å². The van der Waals surface area contributed by atoms with Gasteiger partial charge in [-0.15, -0.1) is 10.2 Å². The van der Waals surface area contributed by atoms with Gasteiger partial charge in [0.1, 0.15) is 17.1 Å². The predicted octanol–water partition coefficient (Wildman–Crippen LogP) is 3.12. The van der Waals surface area contributed by atoms with Crippen LogP contribution in [-0.2, 0) is 0 Å². The smallest absolute Gasteiger partial charge is 0.322 e. The molecule has 134 valence electrons. The molecule has 25 heavy (non-hydrogen) atoms. The Labute approximate surface area is 148 Å². The highest BCUT2D eigenvalue weighted by Crippen LogP contribution is 2.28. The molecule has 0 unspecified atom stereocenters. The first-order chi connectivity index (χ1) is 12.1. The van der Waals surface area contributed by atoms with Crippen molar-refractivity contribution < 1.29 is 13.6 Å². The SMILES string of the molecule is CC[C@@H](c1ccc(F)cc1F)N1CCN(C(=O)Nc2nncs2)CC1. The first-order valence-corrected chi connectivity index (χ1v) is 8.97. The van der Waals surface area contributed by atoms with Crippen molar-refractivity contribution in [1.29, 1.82) is 0 Å². The van der Waals surface area contributed by atoms with Crippen LogP contribution in [-0.4, -0.2) is 52.2 Å². The van der Waals surface area contributed by atoms with E-state index in [4.69, 9.17) is 0 Å². The lowest BCUT2D eigenvalue weighted by Gasteiger charge is -2.39. The number of benzene rings is 1. The van der Waals surface area contributed by atoms with Gasteiger partial charge in [-0.3, -0.25) is 10.2 Å². The van der Waals surface area contributed by atoms with Crippen LogP contribution in [0.15, 0.2) is 23.7 Å². The third-order valence-corrected chi connectivity index (χ3v) is 4.93. The summed E-state index contributed by atoms with van der Waals surface area (Å²) in [5.41, 5.74) is 2.05. The van der Waals surface area contributed by atoms with Crippen LogP contribution in [0.1, 0.15) is 24.9 Å². The topological polar surface area (TPSA) is 61.4 Å². The lowest BCUT2D eigenvalue weighted by atomic mass is 10.0. The van der Waals surface area contributed by atoms with Gasteiger partial charge in [-0.25, -0.2) is 13.6 Å². The molecule has 1 aromatic carbocycles. The number of carbonyl (C=O) groups excluding carboxylic acids is 1. The van der Waals surface area contributed by atoms with Crippen molar-refractivity contribution in [2.75, 3.05) is 31.5 Å². The van der Waals surface area contributed by atoms with E-state index in [0.717, 1.165) is 6.07 Å². The molecule has 1 fully saturated rings. The quantitative estimate of drug-likeness (QED) is 0.902. The van der Waals surface area contributed by atoms with Crippen molar-refractivity contribution in [1.82, 2.24) is 20.0 Å². The molecule has 0 radical (unpaired) electrons. The number of aromatic nitrogens is 2. The van der Waals surface area contributed by atoms with Gasteiger partial charge in [-0.1, -0.05) is 24.3 Å². The molecule has 2 heterocycles. The molecular weight excluding hydrogens is 348 g/mol. The fourth-order valence-electron chi connectivity index (χ4n) is 3.08. The summed E-state index contributed by atoms with van der Waals surface area (Å²) in [6.45, 7) is 4.29. The van der Waals surface area contributed by atoms with E-state index in [1.165, 1.54) is 23.5 Å². The van der Waals surface area contributed by atoms with Crippen molar-refractivity contribution in [3.63, 3.8) is 0 Å². The standard InChI is InChI=1S/C16H19F2N5OS/c1-2-14(12-4-3-11(17)9-13(12)18)22-5-7-23(8-6-22)16(24)20-15-21-19-10-25-15/h3-4,9-10,14H,2,5-8H2,1H3,(H,20,21,24)/t14-/m0/s1. The van der Waals surface area contributed by atoms with Gasteiger partial charge in [0.2, 0.25) is 5.13 Å². The summed E-state index contributed by atoms with van der Waals surface area (Å²) in [7, 11) is 0. The maximum absolute atomic E-state index is 14.1. The summed E-state index contributed by atoms with van der Waals surface area (Å²) in [6, 6.07) is 3.37. The molecule has 3 rings (SSSR count). The summed E-state index contributed by atoms with van der Waals surface area (Å²) in [5, 5.41) is 10.6. The van der Waals surface area contributed by atoms with E-state index in [1.807, 2.05) is 6.92 Å². The average molecular weight is 367 g/mol. The minimum Gasteiger partial charge on any atom is -0.322 e. The molecule has 2 aromatic rings. The molecule has 0 spiro atoms. The molecule has 1 atom stereocenters. The van der Waals surface area contributed by atoms with Gasteiger partial charge in [-0.05, 0) is 12.5 Å². The van der Waals surface area contributed by atoms with E-state index in [2.05, 4.69) is 20.4 Å². The Morgan fingerprint density at radius 2 is 2.08 bits per heavy atom. The number of anilines is 1. The van der Waals surface area contributed by atoms with Gasteiger partial charge in [0, 0.05) is 43.9 Å². The number of urea groups is 1. The Morgan fingerprint density at radius 1 is 1.32 bits per heavy atom. The van der Waals surface area contributed by atoms with Gasteiger partial charge in [0.15, 0.2) is 0 Å². The second kappa shape index (κ2) is 7.83. The maximum Gasteiger partial charge on any atom is 0.323 e. The van der Waals surface area contributed by atoms with Gasteiger partial charge < -0.3 is 4.90 Å². The number of nitrogens with zero attached hydrogens (tertiary/aromatic N) is 4. The molecule has 9 heteroatoms. The Bertz CT molecular complexity index is 719. The van der Waals surface area contributed by atoms with E-state index in [-0.39, 0.29) is 12.1 Å². The number of hydrogen-bond acceptors (Lipinski definition) is 5. The maximum atomic E-state index is 14.1. The second-order valence-electron chi connectivity index (χ2n) is 5.79. The van der Waals surface area contributed by atoms with Crippen LogP contribution in [0.5, 0.6) is 0 Å². The molecule has 0 aliphatic carbocycles. The zero-order chi connectivity index (χ0) is 17.8. The molecular formula is C16H19F2N5OS. The van der Waals surface area contributed by atoms with Crippen LogP contribution >= 0.6 is 11.3 Å². The van der Waals surface area contributed by atoms with Crippen LogP contribution in [0.25, 0.3) is 0 Å². The fraction of sp³-hybridized carbons (Fsp3) is 0.438. The monoisotopic (exact) mass is 367 g/mol. The highest BCUT2D eigenvalue weighted by atomic mass is 32.1. The largest absolute Gasteiger partial charge is 0.323 e. The lowest BCUT2D eigenvalue weighted by molar-refractivity contribution is 0.109. The Balaban J connectivity index is 1.61. The second-order valence-corrected chi connectivity index (χ2v) is 6.62. The summed E-state index contributed by atoms with van der Waals surface area (Å²) in [4.78, 5) is 16.0. The zero-order valence-corrected chi connectivity index (χ0v) is 14.6. The van der Waals surface area contributed by atoms with Crippen LogP contribution < -0.4 is 5.32 Å². The summed E-state index contributed by atoms with van der Waals surface area (Å²) in [5.74, 6) is -1.10. The summed E-state index contributed by atoms with van der Waals surface area (Å²) >= 11 is 1.26. The van der Waals surface area contributed by atoms with E-state index in [0.29, 0.717) is 43.3 Å². The highest BCUT2D eigenvalue weighted by Gasteiger charge is 2.28. The van der Waals surface area contributed by atoms with Crippen LogP contribution in [0.3, 0.4) is 0 Å². The molecule has 1 aliphatic rings. The number of halogens is 2. The van der Waals surface area contributed by atoms with Crippen LogP contribution in [0.2, 0.25) is 0 Å². The van der Waals surface area contributed by atoms with Gasteiger partial charge >= 0.3 is 6.03 Å². The number of carbonyl (C=O) groups is 1. The predicted molar refractivity (Wildman–Crippen MR) is 91.5 cm³/mol. The Kier molecular flexibility index (Phi) is 5.54. The van der Waals surface area contributed by atoms with Crippen molar-refractivity contribution in [3.8, 4) is 0 Å². The van der Waals surface area contributed by atoms with Crippen LogP contribution in [0, 0.1) is 11.6 Å². The first kappa shape index (κ1) is 17.7. The van der Waals surface area contributed by atoms with Crippen molar-refractivity contribution >= 4 is 22.5 Å². The number of hydrogen-bond donors (Lipinski definition) is 1. The number of nitrogens with one attached hydrogen (secondary N) is 1. The van der Waals surface area contributed by atoms with E-state index in [9.17, 15) is 13.6 Å². The fourth-order valence-corrected chi connectivity index (χ4v) is 3.52. The van der Waals surface area contributed by atoms with E-state index >= 15 is 0 Å². The molecule has 1 saturated heterocycles. The van der Waals surface area contributed by atoms with E-state index < -0.39 is 11.6 Å². The normalized spacial score (nSPS) is 16.7. The van der Waals surface area contributed by atoms with Gasteiger partial charge in [0.25, 0.3) is 0 Å². The molecule has 1 aliphatic heterocycles. The lowest BCUT2D eigenvalue weighted by Crippen LogP contribution is -2.50. The molecule has 0 bridgehead atoms. The summed E-state index contributed by atoms with van der Waals surface area (Å²) in [6.07, 6.45) is 0.708. The molecule has 1 N–H and O–H groups in total. The van der Waals surface area contributed by atoms with Gasteiger partial charge in [-0.2, -0.15) is 0 Å². The van der Waals surface area contributed by atoms with E-state index in [1.54, 1.807) is 10.4 Å². The van der Waals surface area contributed by atoms with Crippen LogP contribution in [0.4, 0.5) is 18.7 Å². The van der Waals surface area contributed by atoms with Crippen molar-refractivity contribution in [2.45, 2.75) is 19.4 Å². The number of piperazine rings is 1. The third kappa shape index (κ3) is 4.10. The van der Waals surface area contributed by atoms with Crippen molar-refractivity contribution in [3.05, 3.63) is 40.9 Å². The zero-order valence-electron chi connectivity index (χ0n) is 13.8. The molecule has 1 aromatic heterocycles. The first-order valence-electron chi connectivity index (χ1n) is 8.09. The minimum absolute atomic E-state index is 0.131. The Morgan fingerprint density at radius 3 is 2.68 bits per heavy atom.